The van der Waals surface area contributed by atoms with Crippen LogP contribution in [0.5, 0.6) is 5.75 Å². The zero-order valence-electron chi connectivity index (χ0n) is 17.0. The molecule has 164 valence electrons. The third-order valence-electron chi connectivity index (χ3n) is 4.42. The summed E-state index contributed by atoms with van der Waals surface area (Å²) in [7, 11) is 0. The Balaban J connectivity index is 1.43. The Morgan fingerprint density at radius 3 is 2.62 bits per heavy atom. The van der Waals surface area contributed by atoms with E-state index in [9.17, 15) is 19.5 Å². The topological polar surface area (TPSA) is 98.7 Å². The number of amides is 3. The average Bonchev–Trinajstić information content (AvgIpc) is 3.05. The Hall–Kier alpha value is -3.43. The summed E-state index contributed by atoms with van der Waals surface area (Å²) in [6.07, 6.45) is 5.93. The second kappa shape index (κ2) is 11.3. The first kappa shape index (κ1) is 23.2. The number of carbonyl (C=O) groups excluding carboxylic acids is 3. The lowest BCUT2D eigenvalue weighted by atomic mass is 10.2. The van der Waals surface area contributed by atoms with Crippen molar-refractivity contribution in [2.75, 3.05) is 6.54 Å². The van der Waals surface area contributed by atoms with E-state index in [1.165, 1.54) is 40.9 Å². The van der Waals surface area contributed by atoms with E-state index in [0.29, 0.717) is 22.2 Å². The third kappa shape index (κ3) is 6.53. The van der Waals surface area contributed by atoms with Gasteiger partial charge in [0.25, 0.3) is 11.8 Å². The van der Waals surface area contributed by atoms with Gasteiger partial charge < -0.3 is 5.11 Å². The lowest BCUT2D eigenvalue weighted by Crippen LogP contribution is -2.41. The van der Waals surface area contributed by atoms with Gasteiger partial charge in [0.05, 0.1) is 4.91 Å². The Morgan fingerprint density at radius 2 is 1.88 bits per heavy atom. The van der Waals surface area contributed by atoms with Crippen LogP contribution in [0.2, 0.25) is 0 Å². The highest BCUT2D eigenvalue weighted by atomic mass is 32.2. The smallest absolute Gasteiger partial charge is 0.269 e. The number of phenolic OH excluding ortho intramolecular Hbond substituents is 1. The number of benzene rings is 2. The third-order valence-corrected chi connectivity index (χ3v) is 5.81. The molecule has 2 aromatic rings. The average molecular weight is 468 g/mol. The maximum Gasteiger partial charge on any atom is 0.269 e. The lowest BCUT2D eigenvalue weighted by molar-refractivity contribution is -0.124. The van der Waals surface area contributed by atoms with Gasteiger partial charge in [-0.05, 0) is 36.3 Å². The molecule has 7 nitrogen and oxygen atoms in total. The van der Waals surface area contributed by atoms with Gasteiger partial charge in [-0.3, -0.25) is 30.1 Å². The molecule has 3 N–H and O–H groups in total. The van der Waals surface area contributed by atoms with Crippen molar-refractivity contribution < 1.29 is 19.5 Å². The van der Waals surface area contributed by atoms with Crippen molar-refractivity contribution in [3.8, 4) is 5.75 Å². The molecule has 0 radical (unpaired) electrons. The van der Waals surface area contributed by atoms with Crippen LogP contribution in [0.1, 0.15) is 28.8 Å². The number of hydrazine groups is 1. The summed E-state index contributed by atoms with van der Waals surface area (Å²) < 4.78 is 0.451. The summed E-state index contributed by atoms with van der Waals surface area (Å²) in [5.74, 6) is -1.17. The number of carbonyl (C=O) groups is 3. The Bertz CT molecular complexity index is 1080. The molecule has 1 heterocycles. The molecular formula is C23H21N3O4S2. The van der Waals surface area contributed by atoms with Crippen LogP contribution >= 0.6 is 24.0 Å². The van der Waals surface area contributed by atoms with Crippen molar-refractivity contribution in [1.29, 1.82) is 0 Å². The first-order valence-electron chi connectivity index (χ1n) is 9.79. The fraction of sp³-hybridized carbons (Fsp3) is 0.130. The quantitative estimate of drug-likeness (QED) is 0.328. The van der Waals surface area contributed by atoms with Gasteiger partial charge >= 0.3 is 0 Å². The highest BCUT2D eigenvalue weighted by Gasteiger charge is 2.31. The van der Waals surface area contributed by atoms with E-state index in [-0.39, 0.29) is 23.6 Å². The number of nitrogens with zero attached hydrogens (tertiary/aromatic N) is 1. The lowest BCUT2D eigenvalue weighted by Gasteiger charge is -2.14. The van der Waals surface area contributed by atoms with E-state index in [0.717, 1.165) is 5.56 Å². The minimum Gasteiger partial charge on any atom is -0.508 e. The summed E-state index contributed by atoms with van der Waals surface area (Å²) in [5.41, 5.74) is 5.85. The summed E-state index contributed by atoms with van der Waals surface area (Å²) in [5, 5.41) is 9.40. The van der Waals surface area contributed by atoms with Gasteiger partial charge in [-0.15, -0.1) is 0 Å². The van der Waals surface area contributed by atoms with Crippen LogP contribution in [-0.2, 0) is 9.59 Å². The zero-order valence-corrected chi connectivity index (χ0v) is 18.6. The number of aromatic hydroxyl groups is 1. The van der Waals surface area contributed by atoms with Crippen LogP contribution in [0, 0.1) is 0 Å². The number of thioether (sulfide) groups is 1. The highest BCUT2D eigenvalue weighted by molar-refractivity contribution is 8.26. The Kier molecular flexibility index (Phi) is 8.18. The predicted molar refractivity (Wildman–Crippen MR) is 128 cm³/mol. The van der Waals surface area contributed by atoms with Crippen molar-refractivity contribution in [3.63, 3.8) is 0 Å². The molecule has 0 spiro atoms. The van der Waals surface area contributed by atoms with Gasteiger partial charge in [-0.25, -0.2) is 0 Å². The fourth-order valence-electron chi connectivity index (χ4n) is 2.82. The number of rotatable bonds is 7. The SMILES string of the molecule is O=C(CCCN1C(=O)/C(=C/C=C/c2ccccc2)SC1=S)NNC(=O)c1cccc(O)c1. The molecule has 3 amide bonds. The monoisotopic (exact) mass is 467 g/mol. The van der Waals surface area contributed by atoms with Crippen LogP contribution in [-0.4, -0.2) is 38.6 Å². The molecule has 32 heavy (non-hydrogen) atoms. The number of thiocarbonyl (C=S) groups is 1. The van der Waals surface area contributed by atoms with Crippen LogP contribution in [0.4, 0.5) is 0 Å². The summed E-state index contributed by atoms with van der Waals surface area (Å²) in [6.45, 7) is 0.304. The van der Waals surface area contributed by atoms with Gasteiger partial charge in [-0.2, -0.15) is 0 Å². The number of nitrogens with one attached hydrogen (secondary N) is 2. The van der Waals surface area contributed by atoms with Crippen molar-refractivity contribution in [2.45, 2.75) is 12.8 Å². The van der Waals surface area contributed by atoms with Gasteiger partial charge in [0.1, 0.15) is 10.1 Å². The van der Waals surface area contributed by atoms with E-state index < -0.39 is 11.8 Å². The minimum atomic E-state index is -0.542. The van der Waals surface area contributed by atoms with Crippen LogP contribution in [0.25, 0.3) is 6.08 Å². The summed E-state index contributed by atoms with van der Waals surface area (Å²) in [6, 6.07) is 15.5. The molecule has 1 aliphatic rings. The number of phenols is 1. The molecule has 1 aliphatic heterocycles. The molecule has 0 bridgehead atoms. The van der Waals surface area contributed by atoms with Crippen LogP contribution in [0.3, 0.4) is 0 Å². The molecule has 0 saturated carbocycles. The maximum absolute atomic E-state index is 12.6. The van der Waals surface area contributed by atoms with Gasteiger partial charge in [0.15, 0.2) is 0 Å². The number of hydrogen-bond donors (Lipinski definition) is 3. The molecule has 0 aliphatic carbocycles. The molecule has 2 aromatic carbocycles. The van der Waals surface area contributed by atoms with Crippen LogP contribution in [0.15, 0.2) is 71.7 Å². The van der Waals surface area contributed by atoms with E-state index in [2.05, 4.69) is 10.9 Å². The fourth-order valence-corrected chi connectivity index (χ4v) is 4.08. The molecule has 9 heteroatoms. The van der Waals surface area contributed by atoms with E-state index >= 15 is 0 Å². The molecule has 0 unspecified atom stereocenters. The van der Waals surface area contributed by atoms with Crippen molar-refractivity contribution >= 4 is 52.1 Å². The predicted octanol–water partition coefficient (Wildman–Crippen LogP) is 3.39. The molecule has 1 saturated heterocycles. The number of allylic oxidation sites excluding steroid dienone is 2. The van der Waals surface area contributed by atoms with Crippen LogP contribution < -0.4 is 10.9 Å². The second-order valence-corrected chi connectivity index (χ2v) is 8.46. The molecule has 0 aromatic heterocycles. The van der Waals surface area contributed by atoms with Crippen molar-refractivity contribution in [3.05, 3.63) is 82.8 Å². The molecule has 1 fully saturated rings. The van der Waals surface area contributed by atoms with Gasteiger partial charge in [0, 0.05) is 18.5 Å². The zero-order chi connectivity index (χ0) is 22.9. The summed E-state index contributed by atoms with van der Waals surface area (Å²) >= 11 is 6.52. The molecule has 0 atom stereocenters. The Morgan fingerprint density at radius 1 is 1.09 bits per heavy atom. The standard InChI is InChI=1S/C23H21N3O4S2/c27-18-11-5-10-17(15-18)21(29)25-24-20(28)13-6-14-26-22(30)19(32-23(26)31)12-4-9-16-7-2-1-3-8-16/h1-5,7-12,15,27H,6,13-14H2,(H,24,28)(H,25,29)/b9-4+,19-12-. The largest absolute Gasteiger partial charge is 0.508 e. The molecular weight excluding hydrogens is 446 g/mol. The first-order valence-corrected chi connectivity index (χ1v) is 11.0. The minimum absolute atomic E-state index is 0.0444. The molecule has 3 rings (SSSR count). The Labute approximate surface area is 195 Å². The second-order valence-electron chi connectivity index (χ2n) is 6.78. The maximum atomic E-state index is 12.6. The van der Waals surface area contributed by atoms with Gasteiger partial charge in [0.2, 0.25) is 5.91 Å². The van der Waals surface area contributed by atoms with E-state index in [1.54, 1.807) is 6.08 Å². The van der Waals surface area contributed by atoms with E-state index in [4.69, 9.17) is 12.2 Å². The summed E-state index contributed by atoms with van der Waals surface area (Å²) in [4.78, 5) is 38.5. The van der Waals surface area contributed by atoms with E-state index in [1.807, 2.05) is 42.5 Å². The van der Waals surface area contributed by atoms with Gasteiger partial charge in [-0.1, -0.05) is 72.5 Å². The normalized spacial score (nSPS) is 14.9. The number of hydrogen-bond acceptors (Lipinski definition) is 6. The van der Waals surface area contributed by atoms with Crippen molar-refractivity contribution in [1.82, 2.24) is 15.8 Å². The highest BCUT2D eigenvalue weighted by Crippen LogP contribution is 2.31. The first-order chi connectivity index (χ1) is 15.4. The van der Waals surface area contributed by atoms with Crippen molar-refractivity contribution in [2.24, 2.45) is 0 Å².